The van der Waals surface area contributed by atoms with Crippen molar-refractivity contribution in [3.63, 3.8) is 0 Å². The minimum absolute atomic E-state index is 0.216. The standard InChI is InChI=1S/C14H21BrO3Si/c1-14(2,3)19(4,5)17-9-7-6-8-11-10-12(15)13(16)18-11/h6-8,10H,9H2,1-5H3/b7-6+,11-8-. The maximum Gasteiger partial charge on any atom is 0.350 e. The van der Waals surface area contributed by atoms with Crippen LogP contribution in [0.15, 0.2) is 34.5 Å². The monoisotopic (exact) mass is 344 g/mol. The third kappa shape index (κ3) is 4.74. The van der Waals surface area contributed by atoms with E-state index in [1.54, 1.807) is 12.2 Å². The van der Waals surface area contributed by atoms with E-state index in [0.29, 0.717) is 16.8 Å². The highest BCUT2D eigenvalue weighted by Gasteiger charge is 2.36. The van der Waals surface area contributed by atoms with Gasteiger partial charge in [-0.15, -0.1) is 0 Å². The molecule has 0 amide bonds. The zero-order valence-corrected chi connectivity index (χ0v) is 14.7. The molecule has 1 aliphatic heterocycles. The minimum Gasteiger partial charge on any atom is -0.423 e. The van der Waals surface area contributed by atoms with Gasteiger partial charge in [-0.2, -0.15) is 0 Å². The Hall–Kier alpha value is -0.653. The molecule has 0 unspecified atom stereocenters. The summed E-state index contributed by atoms with van der Waals surface area (Å²) in [5.74, 6) is 0.192. The largest absolute Gasteiger partial charge is 0.423 e. The molecule has 5 heteroatoms. The molecule has 19 heavy (non-hydrogen) atoms. The van der Waals surface area contributed by atoms with Crippen LogP contribution in [0, 0.1) is 0 Å². The molecule has 0 radical (unpaired) electrons. The second-order valence-corrected chi connectivity index (χ2v) is 11.6. The highest BCUT2D eigenvalue weighted by molar-refractivity contribution is 9.12. The summed E-state index contributed by atoms with van der Waals surface area (Å²) >= 11 is 3.12. The van der Waals surface area contributed by atoms with E-state index in [9.17, 15) is 4.79 Å². The zero-order chi connectivity index (χ0) is 14.7. The van der Waals surface area contributed by atoms with Crippen LogP contribution in [0.1, 0.15) is 20.8 Å². The fourth-order valence-corrected chi connectivity index (χ4v) is 2.40. The summed E-state index contributed by atoms with van der Waals surface area (Å²) in [5, 5.41) is 0.216. The first-order valence-corrected chi connectivity index (χ1v) is 9.94. The van der Waals surface area contributed by atoms with Crippen molar-refractivity contribution < 1.29 is 14.0 Å². The Morgan fingerprint density at radius 3 is 2.53 bits per heavy atom. The molecule has 0 atom stereocenters. The Morgan fingerprint density at radius 2 is 2.05 bits per heavy atom. The van der Waals surface area contributed by atoms with E-state index < -0.39 is 8.32 Å². The van der Waals surface area contributed by atoms with Crippen LogP contribution in [0.4, 0.5) is 0 Å². The second-order valence-electron chi connectivity index (χ2n) is 5.95. The number of hydrogen-bond acceptors (Lipinski definition) is 3. The molecule has 0 fully saturated rings. The minimum atomic E-state index is -1.69. The van der Waals surface area contributed by atoms with Crippen LogP contribution >= 0.6 is 15.9 Å². The second kappa shape index (κ2) is 6.20. The van der Waals surface area contributed by atoms with Crippen LogP contribution < -0.4 is 0 Å². The van der Waals surface area contributed by atoms with E-state index >= 15 is 0 Å². The Kier molecular flexibility index (Phi) is 5.35. The van der Waals surface area contributed by atoms with Crippen LogP contribution in [-0.2, 0) is 14.0 Å². The van der Waals surface area contributed by atoms with Gasteiger partial charge in [-0.25, -0.2) is 4.79 Å². The van der Waals surface area contributed by atoms with E-state index in [-0.39, 0.29) is 11.0 Å². The van der Waals surface area contributed by atoms with Crippen molar-refractivity contribution in [2.75, 3.05) is 6.61 Å². The summed E-state index contributed by atoms with van der Waals surface area (Å²) in [7, 11) is -1.69. The van der Waals surface area contributed by atoms with Crippen molar-refractivity contribution >= 4 is 30.2 Å². The molecule has 0 spiro atoms. The molecule has 106 valence electrons. The van der Waals surface area contributed by atoms with Crippen LogP contribution in [0.2, 0.25) is 18.1 Å². The zero-order valence-electron chi connectivity index (χ0n) is 12.1. The Bertz CT molecular complexity index is 442. The number of carbonyl (C=O) groups excluding carboxylic acids is 1. The number of halogens is 1. The molecular formula is C14H21BrO3Si. The first-order valence-electron chi connectivity index (χ1n) is 6.24. The first-order chi connectivity index (χ1) is 8.63. The maximum atomic E-state index is 11.1. The summed E-state index contributed by atoms with van der Waals surface area (Å²) in [5.41, 5.74) is 0. The number of hydrogen-bond donors (Lipinski definition) is 0. The number of allylic oxidation sites excluding steroid dienone is 3. The van der Waals surface area contributed by atoms with Gasteiger partial charge in [-0.1, -0.05) is 32.9 Å². The van der Waals surface area contributed by atoms with Crippen molar-refractivity contribution in [1.82, 2.24) is 0 Å². The molecule has 0 aromatic heterocycles. The molecule has 0 aliphatic carbocycles. The number of esters is 1. The third-order valence-electron chi connectivity index (χ3n) is 3.42. The van der Waals surface area contributed by atoms with E-state index in [1.807, 2.05) is 12.2 Å². The molecule has 0 saturated carbocycles. The van der Waals surface area contributed by atoms with Gasteiger partial charge >= 0.3 is 5.97 Å². The van der Waals surface area contributed by atoms with Crippen molar-refractivity contribution in [2.24, 2.45) is 0 Å². The van der Waals surface area contributed by atoms with Crippen molar-refractivity contribution in [1.29, 1.82) is 0 Å². The summed E-state index contributed by atoms with van der Waals surface area (Å²) < 4.78 is 11.4. The lowest BCUT2D eigenvalue weighted by atomic mass is 10.2. The van der Waals surface area contributed by atoms with E-state index in [0.717, 1.165) is 0 Å². The Morgan fingerprint density at radius 1 is 1.42 bits per heavy atom. The highest BCUT2D eigenvalue weighted by Crippen LogP contribution is 2.36. The van der Waals surface area contributed by atoms with E-state index in [2.05, 4.69) is 49.8 Å². The summed E-state index contributed by atoms with van der Waals surface area (Å²) in [6.45, 7) is 11.7. The lowest BCUT2D eigenvalue weighted by molar-refractivity contribution is -0.132. The van der Waals surface area contributed by atoms with Gasteiger partial charge < -0.3 is 9.16 Å². The molecule has 0 bridgehead atoms. The Balaban J connectivity index is 2.45. The topological polar surface area (TPSA) is 35.5 Å². The smallest absolute Gasteiger partial charge is 0.350 e. The van der Waals surface area contributed by atoms with Gasteiger partial charge in [0, 0.05) is 6.08 Å². The lowest BCUT2D eigenvalue weighted by Gasteiger charge is -2.35. The predicted molar refractivity (Wildman–Crippen MR) is 83.5 cm³/mol. The summed E-state index contributed by atoms with van der Waals surface area (Å²) in [6, 6.07) is 0. The fraction of sp³-hybridized carbons (Fsp3) is 0.500. The summed E-state index contributed by atoms with van der Waals surface area (Å²) in [4.78, 5) is 11.1. The van der Waals surface area contributed by atoms with Crippen molar-refractivity contribution in [2.45, 2.75) is 38.9 Å². The molecular weight excluding hydrogens is 324 g/mol. The van der Waals surface area contributed by atoms with Gasteiger partial charge in [0.1, 0.15) is 10.2 Å². The molecule has 0 N–H and O–H groups in total. The van der Waals surface area contributed by atoms with E-state index in [4.69, 9.17) is 9.16 Å². The molecule has 0 aromatic carbocycles. The molecule has 0 saturated heterocycles. The van der Waals surface area contributed by atoms with Gasteiger partial charge in [0.05, 0.1) is 6.61 Å². The third-order valence-corrected chi connectivity index (χ3v) is 8.47. The lowest BCUT2D eigenvalue weighted by Crippen LogP contribution is -2.40. The predicted octanol–water partition coefficient (Wildman–Crippen LogP) is 4.28. The Labute approximate surface area is 124 Å². The quantitative estimate of drug-likeness (QED) is 0.563. The van der Waals surface area contributed by atoms with Crippen LogP contribution in [0.5, 0.6) is 0 Å². The van der Waals surface area contributed by atoms with Crippen LogP contribution in [0.25, 0.3) is 0 Å². The number of carbonyl (C=O) groups is 1. The number of ether oxygens (including phenoxy) is 1. The average molecular weight is 345 g/mol. The number of rotatable bonds is 4. The SMILES string of the molecule is CC(C)(C)[Si](C)(C)OC/C=C/C=C1/C=C(Br)C(=O)O1. The van der Waals surface area contributed by atoms with Crippen molar-refractivity contribution in [3.8, 4) is 0 Å². The molecule has 1 rings (SSSR count). The molecule has 1 heterocycles. The van der Waals surface area contributed by atoms with Gasteiger partial charge in [0.25, 0.3) is 0 Å². The number of cyclic esters (lactones) is 1. The van der Waals surface area contributed by atoms with Crippen molar-refractivity contribution in [3.05, 3.63) is 34.5 Å². The van der Waals surface area contributed by atoms with Gasteiger partial charge in [-0.3, -0.25) is 0 Å². The molecule has 0 aromatic rings. The van der Waals surface area contributed by atoms with Gasteiger partial charge in [0.15, 0.2) is 8.32 Å². The maximum absolute atomic E-state index is 11.1. The fourth-order valence-electron chi connectivity index (χ4n) is 1.14. The first kappa shape index (κ1) is 16.4. The summed E-state index contributed by atoms with van der Waals surface area (Å²) in [6.07, 6.45) is 7.18. The highest BCUT2D eigenvalue weighted by atomic mass is 79.9. The normalized spacial score (nSPS) is 19.2. The van der Waals surface area contributed by atoms with E-state index in [1.165, 1.54) is 0 Å². The molecule has 1 aliphatic rings. The average Bonchev–Trinajstić information content (AvgIpc) is 2.56. The molecule has 3 nitrogen and oxygen atoms in total. The van der Waals surface area contributed by atoms with Gasteiger partial charge in [-0.05, 0) is 40.1 Å². The van der Waals surface area contributed by atoms with Crippen LogP contribution in [-0.4, -0.2) is 20.9 Å². The van der Waals surface area contributed by atoms with Gasteiger partial charge in [0.2, 0.25) is 0 Å². The van der Waals surface area contributed by atoms with Crippen LogP contribution in [0.3, 0.4) is 0 Å².